The van der Waals surface area contributed by atoms with Gasteiger partial charge in [0.1, 0.15) is 68.6 Å². The maximum Gasteiger partial charge on any atom is 0.335 e. The molecule has 12 aromatic carbocycles. The quantitative estimate of drug-likeness (QED) is 0.0524. The Labute approximate surface area is 588 Å². The third kappa shape index (κ3) is 12.3. The molecule has 3 aromatic heterocycles. The Balaban J connectivity index is 0.805. The Kier molecular flexibility index (Phi) is 15.5. The topological polar surface area (TPSA) is 295 Å². The summed E-state index contributed by atoms with van der Waals surface area (Å²) in [5.74, 6) is 1.28. The summed E-state index contributed by atoms with van der Waals surface area (Å²) in [6.45, 7) is 0. The lowest BCUT2D eigenvalue weighted by Gasteiger charge is -2.09. The first kappa shape index (κ1) is 62.6. The lowest BCUT2D eigenvalue weighted by molar-refractivity contribution is 0.0686. The van der Waals surface area contributed by atoms with E-state index in [4.69, 9.17) is 48.9 Å². The highest BCUT2D eigenvalue weighted by Gasteiger charge is 2.25. The van der Waals surface area contributed by atoms with Crippen molar-refractivity contribution >= 4 is 68.0 Å². The molecular formula is C84H50N8O12. The van der Waals surface area contributed by atoms with E-state index in [0.29, 0.717) is 136 Å². The molecule has 20 nitrogen and oxygen atoms in total. The Morgan fingerprint density at radius 2 is 0.433 bits per heavy atom. The summed E-state index contributed by atoms with van der Waals surface area (Å²) >= 11 is 0. The second-order valence-electron chi connectivity index (χ2n) is 24.5. The largest absolute Gasteiger partial charge is 0.478 e. The van der Waals surface area contributed by atoms with E-state index in [2.05, 4.69) is 9.97 Å². The number of rotatable bonds is 16. The Bertz CT molecular complexity index is 5810. The van der Waals surface area contributed by atoms with E-state index in [1.165, 1.54) is 0 Å². The molecule has 17 rings (SSSR count). The molecule has 0 aliphatic carbocycles. The zero-order chi connectivity index (χ0) is 70.7. The summed E-state index contributed by atoms with van der Waals surface area (Å²) in [4.78, 5) is 85.1. The van der Waals surface area contributed by atoms with E-state index < -0.39 is 23.9 Å². The molecule has 2 aliphatic rings. The van der Waals surface area contributed by atoms with Crippen LogP contribution in [0.25, 0.3) is 134 Å². The molecule has 6 N–H and O–H groups in total. The zero-order valence-electron chi connectivity index (χ0n) is 54.1. The van der Waals surface area contributed by atoms with E-state index in [0.717, 1.165) is 44.5 Å². The molecule has 0 saturated carbocycles. The van der Waals surface area contributed by atoms with Crippen LogP contribution in [0.1, 0.15) is 41.4 Å². The van der Waals surface area contributed by atoms with Crippen LogP contribution < -0.4 is 18.9 Å². The maximum atomic E-state index is 11.6. The number of benzene rings is 12. The lowest BCUT2D eigenvalue weighted by Crippen LogP contribution is -1.94. The van der Waals surface area contributed by atoms with Gasteiger partial charge in [-0.25, -0.2) is 49.1 Å². The van der Waals surface area contributed by atoms with Crippen LogP contribution in [-0.4, -0.2) is 84.2 Å². The second kappa shape index (κ2) is 25.7. The number of fused-ring (bicyclic) bond motifs is 20. The number of carbonyl (C=O) groups is 4. The van der Waals surface area contributed by atoms with Gasteiger partial charge in [-0.2, -0.15) is 0 Å². The van der Waals surface area contributed by atoms with Crippen molar-refractivity contribution in [1.82, 2.24) is 39.9 Å². The molecule has 104 heavy (non-hydrogen) atoms. The second-order valence-corrected chi connectivity index (χ2v) is 24.5. The van der Waals surface area contributed by atoms with Crippen molar-refractivity contribution in [3.05, 3.63) is 289 Å². The molecule has 8 bridgehead atoms. The molecule has 0 saturated heterocycles. The molecule has 5 heterocycles. The molecule has 20 heteroatoms. The van der Waals surface area contributed by atoms with Crippen molar-refractivity contribution in [2.45, 2.75) is 0 Å². The van der Waals surface area contributed by atoms with Gasteiger partial charge in [0, 0.05) is 43.8 Å². The third-order valence-corrected chi connectivity index (χ3v) is 17.9. The number of hydrogen-bond donors (Lipinski definition) is 6. The highest BCUT2D eigenvalue weighted by molar-refractivity contribution is 6.07. The van der Waals surface area contributed by atoms with E-state index in [9.17, 15) is 39.6 Å². The van der Waals surface area contributed by atoms with Gasteiger partial charge < -0.3 is 49.3 Å². The van der Waals surface area contributed by atoms with Crippen LogP contribution in [0.4, 0.5) is 0 Å². The van der Waals surface area contributed by atoms with E-state index in [-0.39, 0.29) is 22.3 Å². The van der Waals surface area contributed by atoms with Gasteiger partial charge in [0.2, 0.25) is 0 Å². The van der Waals surface area contributed by atoms with Crippen LogP contribution in [0.3, 0.4) is 0 Å². The summed E-state index contributed by atoms with van der Waals surface area (Å²) in [7, 11) is 0. The van der Waals surface area contributed by atoms with Gasteiger partial charge in [-0.05, 0) is 214 Å². The first-order chi connectivity index (χ1) is 50.7. The van der Waals surface area contributed by atoms with Crippen molar-refractivity contribution in [3.63, 3.8) is 0 Å². The van der Waals surface area contributed by atoms with Gasteiger partial charge in [0.25, 0.3) is 0 Å². The van der Waals surface area contributed by atoms with Crippen molar-refractivity contribution < 1.29 is 58.6 Å². The SMILES string of the molecule is O=C(O)c1ccc(-c2ccc(Oc3ccc4c(c3)-c3nc-4nc4[nH]c(nc5nc(nc6[nH]c(n3)c3ccc(Oc7ccc(-c8ccc(C(=O)O)cc8)cc7)cc63)-c3ccc(Oc6ccc(-c7ccc(C(=O)O)cc7)cc6)cc3-5)c3ccc(Oc5ccc(-c6ccc(C(=O)O)cc6)cc5)cc43)cc2)cc1. The summed E-state index contributed by atoms with van der Waals surface area (Å²) in [5, 5.41) is 40.5. The summed E-state index contributed by atoms with van der Waals surface area (Å²) in [5.41, 5.74) is 11.6. The van der Waals surface area contributed by atoms with Gasteiger partial charge in [0.15, 0.2) is 23.3 Å². The summed E-state index contributed by atoms with van der Waals surface area (Å²) in [6, 6.07) is 78.9. The van der Waals surface area contributed by atoms with Crippen LogP contribution in [0, 0.1) is 0 Å². The Hall–Kier alpha value is -14.9. The minimum absolute atomic E-state index is 0.190. The van der Waals surface area contributed by atoms with Gasteiger partial charge in [0.05, 0.1) is 22.3 Å². The Morgan fingerprint density at radius 3 is 0.692 bits per heavy atom. The fourth-order valence-corrected chi connectivity index (χ4v) is 12.6. The van der Waals surface area contributed by atoms with Crippen molar-refractivity contribution in [2.24, 2.45) is 0 Å². The average Bonchev–Trinajstić information content (AvgIpc) is 1.60. The highest BCUT2D eigenvalue weighted by atomic mass is 16.5. The fourth-order valence-electron chi connectivity index (χ4n) is 12.6. The molecule has 0 atom stereocenters. The van der Waals surface area contributed by atoms with Crippen LogP contribution in [0.15, 0.2) is 267 Å². The molecule has 0 radical (unpaired) electrons. The van der Waals surface area contributed by atoms with E-state index in [1.54, 1.807) is 97.1 Å². The van der Waals surface area contributed by atoms with Crippen LogP contribution in [0.5, 0.6) is 46.0 Å². The van der Waals surface area contributed by atoms with E-state index >= 15 is 0 Å². The third-order valence-electron chi connectivity index (χ3n) is 17.9. The summed E-state index contributed by atoms with van der Waals surface area (Å²) < 4.78 is 26.2. The normalized spacial score (nSPS) is 11.4. The number of carboxylic acids is 4. The maximum absolute atomic E-state index is 11.6. The number of aromatic amines is 2. The zero-order valence-corrected chi connectivity index (χ0v) is 54.1. The fraction of sp³-hybridized carbons (Fsp3) is 0. The standard InChI is InChI=1S/C84H50N8O12/c93-81(94)53-9-1-45(2-10-53)49-17-25-57(26-18-49)101-61-33-37-65-69(41-61)77-85-73(65)90-78-71-43-63(103-59-29-21-51(22-30-59)47-5-13-55(14-6-47)83(97)98)35-39-67(71)75(87-78)92-80-72-44-64(104-60-31-23-52(24-32-60)48-7-15-56(16-8-48)84(99)100)36-40-68(72)76(88-80)91-79-70-42-62(34-38-66(70)74(86-79)89-77)102-58-27-19-50(20-28-58)46-3-11-54(12-4-46)82(95)96/h1-44H,(H,93,94)(H,95,96)(H,97,98)(H,99,100)(H2,85,86,87,88,89,90,91,92). The van der Waals surface area contributed by atoms with Crippen LogP contribution in [-0.2, 0) is 0 Å². The lowest BCUT2D eigenvalue weighted by atomic mass is 10.0. The number of aromatic nitrogens is 8. The number of nitrogens with zero attached hydrogens (tertiary/aromatic N) is 6. The van der Waals surface area contributed by atoms with Crippen molar-refractivity contribution in [3.8, 4) is 136 Å². The number of carboxylic acid groups (broad SMARTS) is 4. The molecule has 15 aromatic rings. The predicted octanol–water partition coefficient (Wildman–Crippen LogP) is 19.5. The Morgan fingerprint density at radius 1 is 0.221 bits per heavy atom. The minimum Gasteiger partial charge on any atom is -0.478 e. The van der Waals surface area contributed by atoms with Gasteiger partial charge in [-0.1, -0.05) is 97.1 Å². The number of H-pyrrole nitrogens is 2. The minimum atomic E-state index is -1.01. The molecule has 0 spiro atoms. The molecular weight excluding hydrogens is 1310 g/mol. The number of nitrogens with one attached hydrogen (secondary N) is 2. The molecule has 498 valence electrons. The first-order valence-electron chi connectivity index (χ1n) is 32.6. The smallest absolute Gasteiger partial charge is 0.335 e. The number of ether oxygens (including phenoxy) is 4. The monoisotopic (exact) mass is 1360 g/mol. The van der Waals surface area contributed by atoms with Crippen LogP contribution >= 0.6 is 0 Å². The number of aromatic carboxylic acids is 4. The summed E-state index contributed by atoms with van der Waals surface area (Å²) in [6.07, 6.45) is 0. The first-order valence-corrected chi connectivity index (χ1v) is 32.6. The van der Waals surface area contributed by atoms with Gasteiger partial charge >= 0.3 is 23.9 Å². The predicted molar refractivity (Wildman–Crippen MR) is 392 cm³/mol. The molecule has 0 amide bonds. The van der Waals surface area contributed by atoms with Crippen molar-refractivity contribution in [1.29, 1.82) is 0 Å². The number of hydrogen-bond acceptors (Lipinski definition) is 14. The van der Waals surface area contributed by atoms with E-state index in [1.807, 2.05) is 170 Å². The highest BCUT2D eigenvalue weighted by Crippen LogP contribution is 2.43. The van der Waals surface area contributed by atoms with Crippen LogP contribution in [0.2, 0.25) is 0 Å². The molecule has 0 fully saturated rings. The van der Waals surface area contributed by atoms with Crippen molar-refractivity contribution in [2.75, 3.05) is 0 Å². The molecule has 2 aliphatic heterocycles. The van der Waals surface area contributed by atoms with Gasteiger partial charge in [-0.3, -0.25) is 0 Å². The molecule has 0 unspecified atom stereocenters. The van der Waals surface area contributed by atoms with Gasteiger partial charge in [-0.15, -0.1) is 0 Å². The average molecular weight is 1360 g/mol.